The lowest BCUT2D eigenvalue weighted by molar-refractivity contribution is -0.106. The number of carbonyl (C=O) groups excluding carboxylic acids is 1. The molecule has 1 aliphatic rings. The van der Waals surface area contributed by atoms with Crippen LogP contribution in [0.1, 0.15) is 0 Å². The molecular formula is C11H12N2O2S. The summed E-state index contributed by atoms with van der Waals surface area (Å²) in [4.78, 5) is 16.9. The third kappa shape index (κ3) is 2.19. The average Bonchev–Trinajstić information content (AvgIpc) is 2.84. The van der Waals surface area contributed by atoms with Crippen LogP contribution in [0, 0.1) is 0 Å². The Balaban J connectivity index is 2.28. The van der Waals surface area contributed by atoms with Gasteiger partial charge in [-0.05, 0) is 12.1 Å². The summed E-state index contributed by atoms with van der Waals surface area (Å²) in [5.74, 6) is 1.66. The van der Waals surface area contributed by atoms with Crippen molar-refractivity contribution in [2.45, 2.75) is 0 Å². The summed E-state index contributed by atoms with van der Waals surface area (Å²) in [7, 11) is 1.60. The Bertz CT molecular complexity index is 420. The molecule has 0 atom stereocenters. The summed E-state index contributed by atoms with van der Waals surface area (Å²) < 4.78 is 5.12. The van der Waals surface area contributed by atoms with Crippen molar-refractivity contribution in [3.63, 3.8) is 0 Å². The summed E-state index contributed by atoms with van der Waals surface area (Å²) in [6, 6.07) is 7.37. The van der Waals surface area contributed by atoms with Crippen molar-refractivity contribution in [3.8, 4) is 5.75 Å². The fourth-order valence-electron chi connectivity index (χ4n) is 1.45. The zero-order valence-electron chi connectivity index (χ0n) is 8.92. The smallest absolute Gasteiger partial charge is 0.220 e. The Morgan fingerprint density at radius 2 is 2.44 bits per heavy atom. The normalized spacial score (nSPS) is 14.4. The Morgan fingerprint density at radius 1 is 1.56 bits per heavy atom. The Hall–Kier alpha value is -1.49. The number of rotatable bonds is 3. The standard InChI is InChI=1S/C11H12N2O2S/c1-15-10-4-2-3-9(7-10)13(8-14)11-12-5-6-16-11/h2-4,7-8H,5-6H2,1H3. The molecule has 0 aliphatic carbocycles. The van der Waals surface area contributed by atoms with Gasteiger partial charge < -0.3 is 4.74 Å². The summed E-state index contributed by atoms with van der Waals surface area (Å²) in [5.41, 5.74) is 0.780. The number of hydrogen-bond donors (Lipinski definition) is 0. The molecule has 0 aromatic heterocycles. The molecule has 1 aliphatic heterocycles. The van der Waals surface area contributed by atoms with E-state index in [4.69, 9.17) is 4.74 Å². The Labute approximate surface area is 98.3 Å². The van der Waals surface area contributed by atoms with Crippen molar-refractivity contribution in [2.75, 3.05) is 24.3 Å². The van der Waals surface area contributed by atoms with Crippen LogP contribution in [-0.2, 0) is 4.79 Å². The van der Waals surface area contributed by atoms with Gasteiger partial charge in [-0.1, -0.05) is 17.8 Å². The molecule has 0 spiro atoms. The first-order chi connectivity index (χ1) is 7.85. The first kappa shape index (κ1) is 11.0. The van der Waals surface area contributed by atoms with Crippen molar-refractivity contribution >= 4 is 29.0 Å². The topological polar surface area (TPSA) is 41.9 Å². The second-order valence-electron chi connectivity index (χ2n) is 3.19. The van der Waals surface area contributed by atoms with Crippen LogP contribution in [0.2, 0.25) is 0 Å². The number of carbonyl (C=O) groups is 1. The highest BCUT2D eigenvalue weighted by molar-refractivity contribution is 8.14. The molecule has 0 radical (unpaired) electrons. The van der Waals surface area contributed by atoms with E-state index in [2.05, 4.69) is 4.99 Å². The Kier molecular flexibility index (Phi) is 3.46. The van der Waals surface area contributed by atoms with Crippen LogP contribution >= 0.6 is 11.8 Å². The highest BCUT2D eigenvalue weighted by Gasteiger charge is 2.17. The fraction of sp³-hybridized carbons (Fsp3) is 0.273. The molecule has 1 aromatic carbocycles. The van der Waals surface area contributed by atoms with Gasteiger partial charge in [0.25, 0.3) is 0 Å². The fourth-order valence-corrected chi connectivity index (χ4v) is 2.28. The van der Waals surface area contributed by atoms with Gasteiger partial charge in [-0.25, -0.2) is 0 Å². The Morgan fingerprint density at radius 3 is 3.06 bits per heavy atom. The van der Waals surface area contributed by atoms with Gasteiger partial charge in [0, 0.05) is 11.8 Å². The van der Waals surface area contributed by atoms with E-state index < -0.39 is 0 Å². The third-order valence-electron chi connectivity index (χ3n) is 2.21. The molecule has 0 saturated carbocycles. The van der Waals surface area contributed by atoms with Crippen LogP contribution in [0.4, 0.5) is 5.69 Å². The number of aliphatic imine (C=N–C) groups is 1. The quantitative estimate of drug-likeness (QED) is 0.751. The number of thioether (sulfide) groups is 1. The van der Waals surface area contributed by atoms with E-state index in [1.807, 2.05) is 24.3 Å². The van der Waals surface area contributed by atoms with Crippen LogP contribution in [0.15, 0.2) is 29.3 Å². The molecule has 84 valence electrons. The molecule has 1 amide bonds. The molecule has 16 heavy (non-hydrogen) atoms. The summed E-state index contributed by atoms with van der Waals surface area (Å²) in [6.45, 7) is 0.772. The number of amidine groups is 1. The molecular weight excluding hydrogens is 224 g/mol. The lowest BCUT2D eigenvalue weighted by atomic mass is 10.3. The van der Waals surface area contributed by atoms with E-state index in [1.54, 1.807) is 23.8 Å². The van der Waals surface area contributed by atoms with E-state index >= 15 is 0 Å². The number of anilines is 1. The largest absolute Gasteiger partial charge is 0.497 e. The van der Waals surface area contributed by atoms with Crippen LogP contribution in [0.5, 0.6) is 5.75 Å². The number of amides is 1. The van der Waals surface area contributed by atoms with Crippen molar-refractivity contribution < 1.29 is 9.53 Å². The molecule has 0 bridgehead atoms. The van der Waals surface area contributed by atoms with Gasteiger partial charge in [0.05, 0.1) is 19.3 Å². The highest BCUT2D eigenvalue weighted by Crippen LogP contribution is 2.24. The molecule has 2 rings (SSSR count). The molecule has 4 nitrogen and oxygen atoms in total. The SMILES string of the molecule is COc1cccc(N(C=O)C2=NCCS2)c1. The molecule has 1 aromatic rings. The van der Waals surface area contributed by atoms with E-state index in [0.29, 0.717) is 0 Å². The lowest BCUT2D eigenvalue weighted by Gasteiger charge is -2.16. The number of ether oxygens (including phenoxy) is 1. The van der Waals surface area contributed by atoms with Crippen LogP contribution < -0.4 is 9.64 Å². The minimum absolute atomic E-state index is 0.730. The van der Waals surface area contributed by atoms with Gasteiger partial charge in [-0.2, -0.15) is 0 Å². The lowest BCUT2D eigenvalue weighted by Crippen LogP contribution is -2.25. The van der Waals surface area contributed by atoms with Crippen LogP contribution in [0.3, 0.4) is 0 Å². The molecule has 0 N–H and O–H groups in total. The van der Waals surface area contributed by atoms with E-state index in [-0.39, 0.29) is 0 Å². The average molecular weight is 236 g/mol. The van der Waals surface area contributed by atoms with Gasteiger partial charge in [0.2, 0.25) is 6.41 Å². The minimum atomic E-state index is 0.730. The van der Waals surface area contributed by atoms with Crippen molar-refractivity contribution in [2.24, 2.45) is 4.99 Å². The van der Waals surface area contributed by atoms with E-state index in [9.17, 15) is 4.79 Å². The third-order valence-corrected chi connectivity index (χ3v) is 3.18. The molecule has 1 heterocycles. The van der Waals surface area contributed by atoms with E-state index in [1.165, 1.54) is 0 Å². The highest BCUT2D eigenvalue weighted by atomic mass is 32.2. The summed E-state index contributed by atoms with van der Waals surface area (Å²) >= 11 is 1.59. The van der Waals surface area contributed by atoms with Crippen molar-refractivity contribution in [1.29, 1.82) is 0 Å². The zero-order valence-corrected chi connectivity index (χ0v) is 9.74. The van der Waals surface area contributed by atoms with Crippen molar-refractivity contribution in [1.82, 2.24) is 0 Å². The summed E-state index contributed by atoms with van der Waals surface area (Å²) in [6.07, 6.45) is 0.784. The zero-order chi connectivity index (χ0) is 11.4. The molecule has 0 unspecified atom stereocenters. The van der Waals surface area contributed by atoms with Crippen LogP contribution in [-0.4, -0.2) is 31.0 Å². The number of methoxy groups -OCH3 is 1. The van der Waals surface area contributed by atoms with Crippen LogP contribution in [0.25, 0.3) is 0 Å². The molecule has 5 heteroatoms. The molecule has 0 fully saturated rings. The molecule has 0 saturated heterocycles. The maximum Gasteiger partial charge on any atom is 0.220 e. The second kappa shape index (κ2) is 5.03. The van der Waals surface area contributed by atoms with Gasteiger partial charge >= 0.3 is 0 Å². The maximum absolute atomic E-state index is 11.1. The van der Waals surface area contributed by atoms with E-state index in [0.717, 1.165) is 35.3 Å². The van der Waals surface area contributed by atoms with Gasteiger partial charge in [-0.15, -0.1) is 0 Å². The monoisotopic (exact) mass is 236 g/mol. The van der Waals surface area contributed by atoms with Gasteiger partial charge in [-0.3, -0.25) is 14.7 Å². The predicted octanol–water partition coefficient (Wildman–Crippen LogP) is 1.76. The maximum atomic E-state index is 11.1. The summed E-state index contributed by atoms with van der Waals surface area (Å²) in [5, 5.41) is 0.753. The number of hydrogen-bond acceptors (Lipinski definition) is 4. The number of nitrogens with zero attached hydrogens (tertiary/aromatic N) is 2. The second-order valence-corrected chi connectivity index (χ2v) is 4.25. The van der Waals surface area contributed by atoms with Gasteiger partial charge in [0.1, 0.15) is 5.75 Å². The van der Waals surface area contributed by atoms with Gasteiger partial charge in [0.15, 0.2) is 5.17 Å². The number of benzene rings is 1. The predicted molar refractivity (Wildman–Crippen MR) is 66.3 cm³/mol. The first-order valence-electron chi connectivity index (χ1n) is 4.91. The van der Waals surface area contributed by atoms with Crippen molar-refractivity contribution in [3.05, 3.63) is 24.3 Å². The first-order valence-corrected chi connectivity index (χ1v) is 5.89. The minimum Gasteiger partial charge on any atom is -0.497 e.